The zero-order valence-electron chi connectivity index (χ0n) is 12.6. The largest absolute Gasteiger partial charge is 0.348 e. The molecule has 0 saturated carbocycles. The van der Waals surface area contributed by atoms with Gasteiger partial charge in [-0.05, 0) is 30.7 Å². The molecule has 0 fully saturated rings. The molecule has 116 valence electrons. The van der Waals surface area contributed by atoms with E-state index >= 15 is 0 Å². The molecule has 23 heavy (non-hydrogen) atoms. The Bertz CT molecular complexity index is 804. The highest BCUT2D eigenvalue weighted by atomic mass is 32.1. The van der Waals surface area contributed by atoms with Gasteiger partial charge in [0.15, 0.2) is 0 Å². The molecule has 0 unspecified atom stereocenters. The topological polar surface area (TPSA) is 59.8 Å². The molecule has 1 N–H and O–H groups in total. The third kappa shape index (κ3) is 4.14. The number of hydrogen-bond donors (Lipinski definition) is 1. The molecule has 2 heterocycles. The fraction of sp³-hybridized carbons (Fsp3) is 0.118. The molecule has 0 aliphatic carbocycles. The third-order valence-corrected chi connectivity index (χ3v) is 4.04. The van der Waals surface area contributed by atoms with E-state index in [1.807, 2.05) is 47.3 Å². The Kier molecular flexibility index (Phi) is 4.63. The van der Waals surface area contributed by atoms with Crippen LogP contribution in [0.5, 0.6) is 0 Å². The molecule has 0 saturated heterocycles. The molecule has 3 rings (SSSR count). The number of carbonyl (C=O) groups is 1. The van der Waals surface area contributed by atoms with Crippen molar-refractivity contribution in [3.63, 3.8) is 0 Å². The van der Waals surface area contributed by atoms with Crippen molar-refractivity contribution >= 4 is 23.3 Å². The summed E-state index contributed by atoms with van der Waals surface area (Å²) in [4.78, 5) is 20.1. The minimum atomic E-state index is -0.130. The van der Waals surface area contributed by atoms with Crippen molar-refractivity contribution in [1.29, 1.82) is 0 Å². The van der Waals surface area contributed by atoms with Crippen LogP contribution in [0.4, 0.5) is 0 Å². The van der Waals surface area contributed by atoms with Gasteiger partial charge in [-0.2, -0.15) is 0 Å². The average molecular weight is 324 g/mol. The molecule has 3 aromatic rings. The summed E-state index contributed by atoms with van der Waals surface area (Å²) in [5.74, 6) is -0.130. The molecule has 0 atom stereocenters. The maximum atomic E-state index is 11.8. The van der Waals surface area contributed by atoms with Crippen LogP contribution < -0.4 is 5.32 Å². The Morgan fingerprint density at radius 3 is 2.83 bits per heavy atom. The molecule has 1 aromatic carbocycles. The number of amides is 1. The summed E-state index contributed by atoms with van der Waals surface area (Å²) >= 11 is 1.57. The lowest BCUT2D eigenvalue weighted by atomic mass is 10.2. The third-order valence-electron chi connectivity index (χ3n) is 3.25. The second-order valence-electron chi connectivity index (χ2n) is 4.98. The molecule has 0 bridgehead atoms. The molecule has 0 radical (unpaired) electrons. The Morgan fingerprint density at radius 1 is 1.35 bits per heavy atom. The van der Waals surface area contributed by atoms with Gasteiger partial charge in [0.1, 0.15) is 0 Å². The van der Waals surface area contributed by atoms with Crippen molar-refractivity contribution in [2.45, 2.75) is 13.5 Å². The van der Waals surface area contributed by atoms with Crippen molar-refractivity contribution in [3.05, 3.63) is 70.7 Å². The van der Waals surface area contributed by atoms with Gasteiger partial charge in [0.2, 0.25) is 5.91 Å². The maximum Gasteiger partial charge on any atom is 0.244 e. The molecular formula is C17H16N4OS. The van der Waals surface area contributed by atoms with Gasteiger partial charge in [-0.25, -0.2) is 9.97 Å². The summed E-state index contributed by atoms with van der Waals surface area (Å²) in [7, 11) is 0. The van der Waals surface area contributed by atoms with Gasteiger partial charge in [-0.1, -0.05) is 12.1 Å². The summed E-state index contributed by atoms with van der Waals surface area (Å²) in [6, 6.07) is 7.97. The molecule has 2 aromatic heterocycles. The van der Waals surface area contributed by atoms with E-state index in [9.17, 15) is 4.79 Å². The molecular weight excluding hydrogens is 308 g/mol. The van der Waals surface area contributed by atoms with Gasteiger partial charge < -0.3 is 9.88 Å². The maximum absolute atomic E-state index is 11.8. The number of aryl methyl sites for hydroxylation is 1. The molecule has 0 aliphatic rings. The monoisotopic (exact) mass is 324 g/mol. The van der Waals surface area contributed by atoms with E-state index in [1.54, 1.807) is 29.9 Å². The Morgan fingerprint density at radius 2 is 2.17 bits per heavy atom. The summed E-state index contributed by atoms with van der Waals surface area (Å²) in [5.41, 5.74) is 2.89. The van der Waals surface area contributed by atoms with Crippen LogP contribution in [0.25, 0.3) is 11.8 Å². The number of thiazole rings is 1. The number of benzene rings is 1. The van der Waals surface area contributed by atoms with Crippen LogP contribution in [0.2, 0.25) is 0 Å². The minimum Gasteiger partial charge on any atom is -0.348 e. The number of carbonyl (C=O) groups excluding carboxylic acids is 1. The van der Waals surface area contributed by atoms with Gasteiger partial charge in [0.25, 0.3) is 0 Å². The number of nitrogens with zero attached hydrogens (tertiary/aromatic N) is 3. The fourth-order valence-corrected chi connectivity index (χ4v) is 2.64. The van der Waals surface area contributed by atoms with Gasteiger partial charge in [-0.3, -0.25) is 4.79 Å². The van der Waals surface area contributed by atoms with Crippen molar-refractivity contribution in [2.75, 3.05) is 0 Å². The lowest BCUT2D eigenvalue weighted by Gasteiger charge is -2.05. The quantitative estimate of drug-likeness (QED) is 0.734. The van der Waals surface area contributed by atoms with E-state index in [2.05, 4.69) is 15.3 Å². The highest BCUT2D eigenvalue weighted by Gasteiger charge is 2.00. The Balaban J connectivity index is 1.53. The van der Waals surface area contributed by atoms with Gasteiger partial charge in [-0.15, -0.1) is 11.3 Å². The highest BCUT2D eigenvalue weighted by molar-refractivity contribution is 7.09. The number of rotatable bonds is 5. The van der Waals surface area contributed by atoms with E-state index in [0.717, 1.165) is 22.0 Å². The van der Waals surface area contributed by atoms with Crippen LogP contribution in [-0.4, -0.2) is 20.4 Å². The number of aromatic nitrogens is 3. The van der Waals surface area contributed by atoms with Gasteiger partial charge in [0.05, 0.1) is 17.0 Å². The molecule has 0 aliphatic heterocycles. The van der Waals surface area contributed by atoms with Crippen molar-refractivity contribution in [1.82, 2.24) is 19.9 Å². The first-order chi connectivity index (χ1) is 11.2. The predicted octanol–water partition coefficient (Wildman–Crippen LogP) is 2.97. The van der Waals surface area contributed by atoms with Crippen LogP contribution in [0.15, 0.2) is 54.4 Å². The summed E-state index contributed by atoms with van der Waals surface area (Å²) < 4.78 is 1.93. The SMILES string of the molecule is Cc1nc(/C=C/C(=O)NCc2ccc(-n3ccnc3)cc2)cs1. The minimum absolute atomic E-state index is 0.130. The zero-order chi connectivity index (χ0) is 16.1. The normalized spacial score (nSPS) is 11.0. The molecule has 0 spiro atoms. The van der Waals surface area contributed by atoms with Crippen LogP contribution in [0.3, 0.4) is 0 Å². The lowest BCUT2D eigenvalue weighted by molar-refractivity contribution is -0.116. The summed E-state index contributed by atoms with van der Waals surface area (Å²) in [6.45, 7) is 2.43. The van der Waals surface area contributed by atoms with Crippen molar-refractivity contribution < 1.29 is 4.79 Å². The first-order valence-electron chi connectivity index (χ1n) is 7.16. The highest BCUT2D eigenvalue weighted by Crippen LogP contribution is 2.10. The molecule has 5 nitrogen and oxygen atoms in total. The average Bonchev–Trinajstić information content (AvgIpc) is 3.23. The molecule has 1 amide bonds. The first kappa shape index (κ1) is 15.2. The van der Waals surface area contributed by atoms with Crippen LogP contribution in [0, 0.1) is 6.92 Å². The first-order valence-corrected chi connectivity index (χ1v) is 8.04. The van der Waals surface area contributed by atoms with E-state index in [-0.39, 0.29) is 5.91 Å². The van der Waals surface area contributed by atoms with E-state index in [4.69, 9.17) is 0 Å². The van der Waals surface area contributed by atoms with Crippen LogP contribution in [-0.2, 0) is 11.3 Å². The van der Waals surface area contributed by atoms with Crippen molar-refractivity contribution in [3.8, 4) is 5.69 Å². The van der Waals surface area contributed by atoms with Crippen LogP contribution in [0.1, 0.15) is 16.3 Å². The second kappa shape index (κ2) is 7.02. The van der Waals surface area contributed by atoms with Gasteiger partial charge in [0, 0.05) is 36.1 Å². The smallest absolute Gasteiger partial charge is 0.244 e. The van der Waals surface area contributed by atoms with Gasteiger partial charge >= 0.3 is 0 Å². The van der Waals surface area contributed by atoms with E-state index in [1.165, 1.54) is 6.08 Å². The lowest BCUT2D eigenvalue weighted by Crippen LogP contribution is -2.20. The standard InChI is InChI=1S/C17H16N4OS/c1-13-20-15(11-23-13)4-7-17(22)19-10-14-2-5-16(6-3-14)21-9-8-18-12-21/h2-9,11-12H,10H2,1H3,(H,19,22)/b7-4+. The Labute approximate surface area is 138 Å². The summed E-state index contributed by atoms with van der Waals surface area (Å²) in [6.07, 6.45) is 8.61. The summed E-state index contributed by atoms with van der Waals surface area (Å²) in [5, 5.41) is 5.77. The van der Waals surface area contributed by atoms with E-state index < -0.39 is 0 Å². The zero-order valence-corrected chi connectivity index (χ0v) is 13.5. The fourth-order valence-electron chi connectivity index (χ4n) is 2.06. The Hall–Kier alpha value is -2.73. The van der Waals surface area contributed by atoms with Crippen LogP contribution >= 0.6 is 11.3 Å². The number of imidazole rings is 1. The predicted molar refractivity (Wildman–Crippen MR) is 91.3 cm³/mol. The van der Waals surface area contributed by atoms with Crippen molar-refractivity contribution in [2.24, 2.45) is 0 Å². The molecule has 6 heteroatoms. The second-order valence-corrected chi connectivity index (χ2v) is 6.04. The van der Waals surface area contributed by atoms with E-state index in [0.29, 0.717) is 6.54 Å². The number of hydrogen-bond acceptors (Lipinski definition) is 4. The number of nitrogens with one attached hydrogen (secondary N) is 1.